The van der Waals surface area contributed by atoms with Gasteiger partial charge in [0.05, 0.1) is 0 Å². The van der Waals surface area contributed by atoms with Gasteiger partial charge in [0.15, 0.2) is 0 Å². The molecule has 21 heavy (non-hydrogen) atoms. The lowest BCUT2D eigenvalue weighted by molar-refractivity contribution is 0.822. The Morgan fingerprint density at radius 2 is 1.95 bits per heavy atom. The third-order valence-corrected chi connectivity index (χ3v) is 4.70. The number of thiophene rings is 1. The zero-order valence-electron chi connectivity index (χ0n) is 11.4. The van der Waals surface area contributed by atoms with E-state index in [0.717, 1.165) is 12.1 Å². The third-order valence-electron chi connectivity index (χ3n) is 3.69. The smallest absolute Gasteiger partial charge is 0.0499 e. The second-order valence-electron chi connectivity index (χ2n) is 5.02. The van der Waals surface area contributed by atoms with E-state index >= 15 is 0 Å². The Morgan fingerprint density at radius 3 is 2.86 bits per heavy atom. The maximum absolute atomic E-state index is 4.22. The third kappa shape index (κ3) is 2.26. The highest BCUT2D eigenvalue weighted by molar-refractivity contribution is 7.17. The van der Waals surface area contributed by atoms with Gasteiger partial charge in [0.1, 0.15) is 0 Å². The molecule has 0 fully saturated rings. The van der Waals surface area contributed by atoms with E-state index in [1.165, 1.54) is 21.3 Å². The number of nitrogens with zero attached hydrogens (tertiary/aromatic N) is 2. The van der Waals surface area contributed by atoms with Crippen molar-refractivity contribution < 1.29 is 0 Å². The molecule has 0 N–H and O–H groups in total. The molecule has 0 aliphatic carbocycles. The van der Waals surface area contributed by atoms with Crippen molar-refractivity contribution in [1.82, 2.24) is 9.55 Å². The largest absolute Gasteiger partial charge is 0.343 e. The number of benzene rings is 1. The summed E-state index contributed by atoms with van der Waals surface area (Å²) in [6, 6.07) is 16.9. The van der Waals surface area contributed by atoms with Crippen LogP contribution in [-0.4, -0.2) is 9.55 Å². The highest BCUT2D eigenvalue weighted by Gasteiger charge is 2.08. The number of rotatable bonds is 3. The van der Waals surface area contributed by atoms with Gasteiger partial charge in [-0.3, -0.25) is 4.98 Å². The van der Waals surface area contributed by atoms with E-state index in [2.05, 4.69) is 63.6 Å². The van der Waals surface area contributed by atoms with Gasteiger partial charge in [0, 0.05) is 41.1 Å². The van der Waals surface area contributed by atoms with E-state index in [0.29, 0.717) is 0 Å². The van der Waals surface area contributed by atoms with Gasteiger partial charge in [0.25, 0.3) is 0 Å². The summed E-state index contributed by atoms with van der Waals surface area (Å²) in [5.41, 5.74) is 3.73. The molecule has 0 amide bonds. The van der Waals surface area contributed by atoms with E-state index in [-0.39, 0.29) is 0 Å². The van der Waals surface area contributed by atoms with Crippen LogP contribution in [0.15, 0.2) is 72.5 Å². The zero-order chi connectivity index (χ0) is 14.1. The van der Waals surface area contributed by atoms with Gasteiger partial charge in [-0.25, -0.2) is 0 Å². The first-order chi connectivity index (χ1) is 10.4. The molecule has 0 bridgehead atoms. The molecule has 0 radical (unpaired) electrons. The lowest BCUT2D eigenvalue weighted by atomic mass is 10.1. The Hall–Kier alpha value is -2.39. The molecular weight excluding hydrogens is 276 g/mol. The maximum Gasteiger partial charge on any atom is 0.0499 e. The van der Waals surface area contributed by atoms with Crippen molar-refractivity contribution >= 4 is 21.4 Å². The van der Waals surface area contributed by atoms with Crippen LogP contribution in [0.1, 0.15) is 5.56 Å². The van der Waals surface area contributed by atoms with Gasteiger partial charge in [0.2, 0.25) is 0 Å². The molecule has 3 aromatic heterocycles. The molecule has 3 heterocycles. The summed E-state index contributed by atoms with van der Waals surface area (Å²) in [4.78, 5) is 4.22. The summed E-state index contributed by atoms with van der Waals surface area (Å²) in [6.45, 7) is 0.890. The molecule has 0 aliphatic heterocycles. The molecular formula is C18H14N2S. The van der Waals surface area contributed by atoms with E-state index in [1.54, 1.807) is 0 Å². The maximum atomic E-state index is 4.22. The first-order valence-corrected chi connectivity index (χ1v) is 7.80. The average Bonchev–Trinajstić information content (AvgIpc) is 3.16. The van der Waals surface area contributed by atoms with Crippen molar-refractivity contribution in [2.24, 2.45) is 0 Å². The van der Waals surface area contributed by atoms with Gasteiger partial charge in [-0.1, -0.05) is 18.2 Å². The summed E-state index contributed by atoms with van der Waals surface area (Å²) in [6.07, 6.45) is 5.86. The van der Waals surface area contributed by atoms with Crippen molar-refractivity contribution in [3.63, 3.8) is 0 Å². The van der Waals surface area contributed by atoms with Gasteiger partial charge in [-0.15, -0.1) is 11.3 Å². The van der Waals surface area contributed by atoms with Crippen molar-refractivity contribution in [1.29, 1.82) is 0 Å². The molecule has 4 rings (SSSR count). The van der Waals surface area contributed by atoms with Crippen LogP contribution < -0.4 is 0 Å². The molecule has 3 heteroatoms. The lowest BCUT2D eigenvalue weighted by Gasteiger charge is -2.08. The molecule has 0 aliphatic rings. The lowest BCUT2D eigenvalue weighted by Crippen LogP contribution is -1.99. The molecule has 0 saturated carbocycles. The van der Waals surface area contributed by atoms with E-state index in [1.807, 2.05) is 29.8 Å². The van der Waals surface area contributed by atoms with Crippen molar-refractivity contribution in [2.75, 3.05) is 0 Å². The minimum Gasteiger partial charge on any atom is -0.343 e. The van der Waals surface area contributed by atoms with Crippen LogP contribution in [0.2, 0.25) is 0 Å². The van der Waals surface area contributed by atoms with Crippen molar-refractivity contribution in [2.45, 2.75) is 6.54 Å². The number of pyridine rings is 1. The predicted molar refractivity (Wildman–Crippen MR) is 88.6 cm³/mol. The van der Waals surface area contributed by atoms with Crippen LogP contribution in [0, 0.1) is 0 Å². The Balaban J connectivity index is 1.74. The predicted octanol–water partition coefficient (Wildman–Crippen LogP) is 4.81. The number of fused-ring (bicyclic) bond motifs is 1. The van der Waals surface area contributed by atoms with Crippen LogP contribution in [0.4, 0.5) is 0 Å². The van der Waals surface area contributed by atoms with Crippen molar-refractivity contribution in [3.8, 4) is 11.3 Å². The summed E-state index contributed by atoms with van der Waals surface area (Å²) >= 11 is 1.81. The molecule has 102 valence electrons. The standard InChI is InChI=1S/C18H14N2S/c1-2-8-18-16(6-1)15(13-21-18)12-20-10-4-7-17(20)14-5-3-9-19-11-14/h1-11,13H,12H2. The SMILES string of the molecule is c1cncc(-c2cccn2Cc2csc3ccccc23)c1. The van der Waals surface area contributed by atoms with Crippen LogP contribution >= 0.6 is 11.3 Å². The highest BCUT2D eigenvalue weighted by atomic mass is 32.1. The fourth-order valence-corrected chi connectivity index (χ4v) is 3.62. The van der Waals surface area contributed by atoms with Gasteiger partial charge >= 0.3 is 0 Å². The van der Waals surface area contributed by atoms with E-state index in [4.69, 9.17) is 0 Å². The first kappa shape index (κ1) is 12.4. The Morgan fingerprint density at radius 1 is 1.00 bits per heavy atom. The second-order valence-corrected chi connectivity index (χ2v) is 5.93. The van der Waals surface area contributed by atoms with Crippen LogP contribution in [0.25, 0.3) is 21.3 Å². The van der Waals surface area contributed by atoms with E-state index < -0.39 is 0 Å². The number of hydrogen-bond acceptors (Lipinski definition) is 2. The molecule has 1 aromatic carbocycles. The minimum absolute atomic E-state index is 0.890. The number of aromatic nitrogens is 2. The quantitative estimate of drug-likeness (QED) is 0.529. The molecule has 0 unspecified atom stereocenters. The molecule has 0 atom stereocenters. The van der Waals surface area contributed by atoms with Gasteiger partial charge in [-0.2, -0.15) is 0 Å². The zero-order valence-corrected chi connectivity index (χ0v) is 12.3. The number of hydrogen-bond donors (Lipinski definition) is 0. The van der Waals surface area contributed by atoms with Crippen molar-refractivity contribution in [3.05, 3.63) is 78.1 Å². The molecule has 0 spiro atoms. The fourth-order valence-electron chi connectivity index (χ4n) is 2.67. The highest BCUT2D eigenvalue weighted by Crippen LogP contribution is 2.28. The fraction of sp³-hybridized carbons (Fsp3) is 0.0556. The molecule has 0 saturated heterocycles. The molecule has 4 aromatic rings. The second kappa shape index (κ2) is 5.19. The van der Waals surface area contributed by atoms with E-state index in [9.17, 15) is 0 Å². The Bertz CT molecular complexity index is 874. The monoisotopic (exact) mass is 290 g/mol. The van der Waals surface area contributed by atoms with Gasteiger partial charge in [-0.05, 0) is 46.7 Å². The Kier molecular flexibility index (Phi) is 3.05. The van der Waals surface area contributed by atoms with Gasteiger partial charge < -0.3 is 4.57 Å². The summed E-state index contributed by atoms with van der Waals surface area (Å²) < 4.78 is 3.63. The minimum atomic E-state index is 0.890. The normalized spacial score (nSPS) is 11.0. The first-order valence-electron chi connectivity index (χ1n) is 6.92. The van der Waals surface area contributed by atoms with Crippen LogP contribution in [-0.2, 0) is 6.54 Å². The topological polar surface area (TPSA) is 17.8 Å². The van der Waals surface area contributed by atoms with Crippen LogP contribution in [0.3, 0.4) is 0 Å². The summed E-state index contributed by atoms with van der Waals surface area (Å²) in [7, 11) is 0. The van der Waals surface area contributed by atoms with Crippen LogP contribution in [0.5, 0.6) is 0 Å². The summed E-state index contributed by atoms with van der Waals surface area (Å²) in [5, 5.41) is 3.62. The molecule has 2 nitrogen and oxygen atoms in total. The summed E-state index contributed by atoms with van der Waals surface area (Å²) in [5.74, 6) is 0. The average molecular weight is 290 g/mol. The Labute approximate surface area is 127 Å².